The van der Waals surface area contributed by atoms with Crippen LogP contribution in [0.2, 0.25) is 0 Å². The minimum Gasteiger partial charge on any atom is -0.308 e. The van der Waals surface area contributed by atoms with Gasteiger partial charge in [0.25, 0.3) is 6.43 Å². The van der Waals surface area contributed by atoms with Crippen LogP contribution in [-0.4, -0.2) is 19.0 Å². The number of terminal acetylenes is 1. The molecule has 0 rings (SSSR count). The van der Waals surface area contributed by atoms with E-state index >= 15 is 0 Å². The van der Waals surface area contributed by atoms with Gasteiger partial charge in [-0.1, -0.05) is 6.92 Å². The van der Waals surface area contributed by atoms with Gasteiger partial charge in [0.15, 0.2) is 0 Å². The monoisotopic (exact) mass is 161 g/mol. The number of hydrogen-bond acceptors (Lipinski definition) is 1. The van der Waals surface area contributed by atoms with Crippen LogP contribution in [0.3, 0.4) is 0 Å². The maximum atomic E-state index is 11.7. The number of halogens is 2. The van der Waals surface area contributed by atoms with Gasteiger partial charge in [-0.3, -0.25) is 0 Å². The Morgan fingerprint density at radius 1 is 1.55 bits per heavy atom. The van der Waals surface area contributed by atoms with Gasteiger partial charge in [0.1, 0.15) is 0 Å². The van der Waals surface area contributed by atoms with Crippen LogP contribution in [0.5, 0.6) is 0 Å². The molecule has 1 nitrogen and oxygen atoms in total. The van der Waals surface area contributed by atoms with Crippen LogP contribution in [0, 0.1) is 12.3 Å². The molecule has 0 aromatic rings. The van der Waals surface area contributed by atoms with E-state index in [-0.39, 0.29) is 12.6 Å². The quantitative estimate of drug-likeness (QED) is 0.604. The summed E-state index contributed by atoms with van der Waals surface area (Å²) >= 11 is 0. The molecular formula is C8H13F2N. The standard InChI is InChI=1S/C8H13F2N/c1-3-5-7(4-2)11-6-8(9)10/h1,7-8,11H,4-6H2,2H3. The second-order valence-electron chi connectivity index (χ2n) is 2.31. The Morgan fingerprint density at radius 2 is 2.18 bits per heavy atom. The first-order chi connectivity index (χ1) is 5.20. The van der Waals surface area contributed by atoms with E-state index in [0.29, 0.717) is 6.42 Å². The third kappa shape index (κ3) is 5.81. The van der Waals surface area contributed by atoms with Gasteiger partial charge < -0.3 is 5.32 Å². The zero-order valence-electron chi connectivity index (χ0n) is 6.61. The maximum Gasteiger partial charge on any atom is 0.250 e. The van der Waals surface area contributed by atoms with Crippen molar-refractivity contribution in [2.24, 2.45) is 0 Å². The lowest BCUT2D eigenvalue weighted by atomic mass is 10.1. The predicted octanol–water partition coefficient (Wildman–Crippen LogP) is 1.64. The van der Waals surface area contributed by atoms with Crippen molar-refractivity contribution in [3.63, 3.8) is 0 Å². The lowest BCUT2D eigenvalue weighted by molar-refractivity contribution is 0.141. The van der Waals surface area contributed by atoms with Gasteiger partial charge in [-0.25, -0.2) is 8.78 Å². The zero-order valence-corrected chi connectivity index (χ0v) is 6.61. The van der Waals surface area contributed by atoms with Crippen molar-refractivity contribution in [2.45, 2.75) is 32.2 Å². The molecule has 11 heavy (non-hydrogen) atoms. The summed E-state index contributed by atoms with van der Waals surface area (Å²) in [4.78, 5) is 0. The molecule has 0 heterocycles. The molecule has 0 aliphatic rings. The topological polar surface area (TPSA) is 12.0 Å². The predicted molar refractivity (Wildman–Crippen MR) is 41.5 cm³/mol. The highest BCUT2D eigenvalue weighted by Gasteiger charge is 2.07. The average molecular weight is 161 g/mol. The third-order valence-electron chi connectivity index (χ3n) is 1.42. The summed E-state index contributed by atoms with van der Waals surface area (Å²) in [6, 6.07) is 0.0361. The Labute approximate surface area is 66.2 Å². The van der Waals surface area contributed by atoms with E-state index < -0.39 is 6.43 Å². The van der Waals surface area contributed by atoms with Gasteiger partial charge in [0.05, 0.1) is 6.54 Å². The second-order valence-corrected chi connectivity index (χ2v) is 2.31. The van der Waals surface area contributed by atoms with Crippen molar-refractivity contribution in [3.8, 4) is 12.3 Å². The Bertz CT molecular complexity index is 129. The molecular weight excluding hydrogens is 148 g/mol. The molecule has 0 spiro atoms. The summed E-state index contributed by atoms with van der Waals surface area (Å²) in [6.45, 7) is 1.65. The van der Waals surface area contributed by atoms with E-state index in [1.165, 1.54) is 0 Å². The number of nitrogens with one attached hydrogen (secondary N) is 1. The van der Waals surface area contributed by atoms with Crippen LogP contribution in [0.25, 0.3) is 0 Å². The summed E-state index contributed by atoms with van der Waals surface area (Å²) < 4.78 is 23.3. The molecule has 0 fully saturated rings. The molecule has 1 atom stereocenters. The smallest absolute Gasteiger partial charge is 0.250 e. The molecule has 64 valence electrons. The molecule has 0 radical (unpaired) electrons. The average Bonchev–Trinajstić information content (AvgIpc) is 1.97. The summed E-state index contributed by atoms with van der Waals surface area (Å²) in [6.07, 6.45) is 4.05. The van der Waals surface area contributed by atoms with Crippen LogP contribution in [0.4, 0.5) is 8.78 Å². The molecule has 0 bridgehead atoms. The SMILES string of the molecule is C#CCC(CC)NCC(F)F. The van der Waals surface area contributed by atoms with Crippen LogP contribution in [0.1, 0.15) is 19.8 Å². The van der Waals surface area contributed by atoms with Gasteiger partial charge in [-0.15, -0.1) is 12.3 Å². The molecule has 1 N–H and O–H groups in total. The van der Waals surface area contributed by atoms with Crippen LogP contribution in [0.15, 0.2) is 0 Å². The number of alkyl halides is 2. The fraction of sp³-hybridized carbons (Fsp3) is 0.750. The molecule has 0 saturated carbocycles. The summed E-state index contributed by atoms with van der Waals surface area (Å²) in [5, 5.41) is 2.68. The zero-order chi connectivity index (χ0) is 8.69. The molecule has 0 aliphatic heterocycles. The Morgan fingerprint density at radius 3 is 2.55 bits per heavy atom. The first kappa shape index (κ1) is 10.4. The molecule has 0 saturated heterocycles. The Balaban J connectivity index is 3.45. The van der Waals surface area contributed by atoms with Crippen molar-refractivity contribution in [1.29, 1.82) is 0 Å². The van der Waals surface area contributed by atoms with Gasteiger partial charge in [0, 0.05) is 12.5 Å². The Kier molecular flexibility index (Phi) is 5.77. The van der Waals surface area contributed by atoms with Crippen LogP contribution >= 0.6 is 0 Å². The Hall–Kier alpha value is -0.620. The molecule has 0 amide bonds. The van der Waals surface area contributed by atoms with Gasteiger partial charge in [-0.05, 0) is 6.42 Å². The molecule has 0 aliphatic carbocycles. The van der Waals surface area contributed by atoms with Crippen molar-refractivity contribution in [3.05, 3.63) is 0 Å². The lowest BCUT2D eigenvalue weighted by Gasteiger charge is -2.12. The molecule has 3 heteroatoms. The largest absolute Gasteiger partial charge is 0.308 e. The minimum absolute atomic E-state index is 0.0361. The lowest BCUT2D eigenvalue weighted by Crippen LogP contribution is -2.32. The minimum atomic E-state index is -2.29. The third-order valence-corrected chi connectivity index (χ3v) is 1.42. The highest BCUT2D eigenvalue weighted by molar-refractivity contribution is 4.89. The normalized spacial score (nSPS) is 13.0. The number of hydrogen-bond donors (Lipinski definition) is 1. The van der Waals surface area contributed by atoms with Crippen molar-refractivity contribution < 1.29 is 8.78 Å². The second kappa shape index (κ2) is 6.11. The van der Waals surface area contributed by atoms with Crippen molar-refractivity contribution >= 4 is 0 Å². The van der Waals surface area contributed by atoms with E-state index in [1.54, 1.807) is 0 Å². The van der Waals surface area contributed by atoms with Gasteiger partial charge in [0.2, 0.25) is 0 Å². The highest BCUT2D eigenvalue weighted by atomic mass is 19.3. The van der Waals surface area contributed by atoms with E-state index in [4.69, 9.17) is 6.42 Å². The number of rotatable bonds is 5. The summed E-state index contributed by atoms with van der Waals surface area (Å²) in [7, 11) is 0. The van der Waals surface area contributed by atoms with Crippen LogP contribution in [-0.2, 0) is 0 Å². The first-order valence-corrected chi connectivity index (χ1v) is 3.65. The van der Waals surface area contributed by atoms with Crippen molar-refractivity contribution in [1.82, 2.24) is 5.32 Å². The summed E-state index contributed by atoms with van der Waals surface area (Å²) in [5.74, 6) is 2.44. The van der Waals surface area contributed by atoms with Crippen LogP contribution < -0.4 is 5.32 Å². The van der Waals surface area contributed by atoms with E-state index in [0.717, 1.165) is 6.42 Å². The summed E-state index contributed by atoms with van der Waals surface area (Å²) in [5.41, 5.74) is 0. The first-order valence-electron chi connectivity index (χ1n) is 3.65. The maximum absolute atomic E-state index is 11.7. The molecule has 1 unspecified atom stereocenters. The van der Waals surface area contributed by atoms with Gasteiger partial charge in [-0.2, -0.15) is 0 Å². The van der Waals surface area contributed by atoms with Crippen molar-refractivity contribution in [2.75, 3.05) is 6.54 Å². The molecule has 0 aromatic heterocycles. The van der Waals surface area contributed by atoms with E-state index in [1.807, 2.05) is 6.92 Å². The van der Waals surface area contributed by atoms with Gasteiger partial charge >= 0.3 is 0 Å². The highest BCUT2D eigenvalue weighted by Crippen LogP contribution is 1.97. The van der Waals surface area contributed by atoms with E-state index in [9.17, 15) is 8.78 Å². The fourth-order valence-corrected chi connectivity index (χ4v) is 0.759. The molecule has 0 aromatic carbocycles. The van der Waals surface area contributed by atoms with E-state index in [2.05, 4.69) is 11.2 Å². The fourth-order valence-electron chi connectivity index (χ4n) is 0.759.